The molecule has 1 aromatic heterocycles. The van der Waals surface area contributed by atoms with Gasteiger partial charge in [0, 0.05) is 12.6 Å². The molecule has 112 valence electrons. The van der Waals surface area contributed by atoms with Crippen molar-refractivity contribution in [1.29, 1.82) is 0 Å². The Labute approximate surface area is 121 Å². The summed E-state index contributed by atoms with van der Waals surface area (Å²) in [6.45, 7) is 2.60. The van der Waals surface area contributed by atoms with E-state index in [2.05, 4.69) is 15.2 Å². The van der Waals surface area contributed by atoms with Gasteiger partial charge in [0.25, 0.3) is 0 Å². The van der Waals surface area contributed by atoms with E-state index in [0.29, 0.717) is 29.5 Å². The van der Waals surface area contributed by atoms with Gasteiger partial charge in [-0.05, 0) is 25.1 Å². The van der Waals surface area contributed by atoms with Crippen LogP contribution in [0.2, 0.25) is 0 Å². The van der Waals surface area contributed by atoms with Crippen molar-refractivity contribution in [3.63, 3.8) is 0 Å². The van der Waals surface area contributed by atoms with Gasteiger partial charge in [-0.3, -0.25) is 4.68 Å². The molecule has 0 aliphatic rings. The van der Waals surface area contributed by atoms with Crippen molar-refractivity contribution < 1.29 is 14.7 Å². The second kappa shape index (κ2) is 6.60. The lowest BCUT2D eigenvalue weighted by Gasteiger charge is -2.12. The maximum Gasteiger partial charge on any atom is 0.170 e. The minimum atomic E-state index is 0.0100. The van der Waals surface area contributed by atoms with Gasteiger partial charge in [-0.1, -0.05) is 5.16 Å². The second-order valence-corrected chi connectivity index (χ2v) is 4.17. The zero-order valence-electron chi connectivity index (χ0n) is 11.9. The van der Waals surface area contributed by atoms with Gasteiger partial charge < -0.3 is 20.4 Å². The van der Waals surface area contributed by atoms with Gasteiger partial charge in [0.05, 0.1) is 6.61 Å². The number of aryl methyl sites for hydroxylation is 1. The number of hydrogen-bond acceptors (Lipinski definition) is 6. The fourth-order valence-corrected chi connectivity index (χ4v) is 1.71. The Balaban J connectivity index is 2.20. The minimum absolute atomic E-state index is 0.0100. The van der Waals surface area contributed by atoms with Gasteiger partial charge in [0.2, 0.25) is 0 Å². The quantitative estimate of drug-likeness (QED) is 0.354. The molecule has 0 radical (unpaired) electrons. The molecule has 8 nitrogen and oxygen atoms in total. The van der Waals surface area contributed by atoms with Crippen LogP contribution in [0.1, 0.15) is 18.3 Å². The molecule has 0 aliphatic carbocycles. The monoisotopic (exact) mass is 291 g/mol. The van der Waals surface area contributed by atoms with E-state index in [9.17, 15) is 0 Å². The first-order valence-electron chi connectivity index (χ1n) is 6.36. The number of amidine groups is 1. The Hall–Kier alpha value is -2.77. The van der Waals surface area contributed by atoms with Crippen LogP contribution >= 0.6 is 0 Å². The molecule has 0 atom stereocenters. The summed E-state index contributed by atoms with van der Waals surface area (Å²) >= 11 is 0. The van der Waals surface area contributed by atoms with Crippen molar-refractivity contribution in [2.45, 2.75) is 13.5 Å². The molecule has 0 amide bonds. The van der Waals surface area contributed by atoms with Crippen LogP contribution in [0.5, 0.6) is 11.5 Å². The summed E-state index contributed by atoms with van der Waals surface area (Å²) in [5.41, 5.74) is 6.11. The Morgan fingerprint density at radius 3 is 2.81 bits per heavy atom. The SMILES string of the molecule is CCOc1cc(C(N)=NO)ccc1OCc1ncnn1C. The average molecular weight is 291 g/mol. The summed E-state index contributed by atoms with van der Waals surface area (Å²) in [6, 6.07) is 5.04. The van der Waals surface area contributed by atoms with Crippen molar-refractivity contribution >= 4 is 5.84 Å². The first-order valence-corrected chi connectivity index (χ1v) is 6.36. The predicted octanol–water partition coefficient (Wildman–Crippen LogP) is 0.887. The van der Waals surface area contributed by atoms with Gasteiger partial charge in [-0.2, -0.15) is 5.10 Å². The third-order valence-corrected chi connectivity index (χ3v) is 2.81. The zero-order valence-corrected chi connectivity index (χ0v) is 11.9. The summed E-state index contributed by atoms with van der Waals surface area (Å²) in [5, 5.41) is 15.6. The lowest BCUT2D eigenvalue weighted by atomic mass is 10.2. The third kappa shape index (κ3) is 3.41. The van der Waals surface area contributed by atoms with Crippen molar-refractivity contribution in [1.82, 2.24) is 14.8 Å². The largest absolute Gasteiger partial charge is 0.490 e. The van der Waals surface area contributed by atoms with Gasteiger partial charge >= 0.3 is 0 Å². The molecule has 0 saturated heterocycles. The van der Waals surface area contributed by atoms with Crippen LogP contribution in [0.3, 0.4) is 0 Å². The van der Waals surface area contributed by atoms with Crippen molar-refractivity contribution in [3.8, 4) is 11.5 Å². The number of oxime groups is 1. The van der Waals surface area contributed by atoms with Crippen LogP contribution < -0.4 is 15.2 Å². The van der Waals surface area contributed by atoms with E-state index in [4.69, 9.17) is 20.4 Å². The van der Waals surface area contributed by atoms with E-state index in [-0.39, 0.29) is 12.4 Å². The molecular formula is C13H17N5O3. The number of nitrogens with two attached hydrogens (primary N) is 1. The lowest BCUT2D eigenvalue weighted by molar-refractivity contribution is 0.259. The van der Waals surface area contributed by atoms with E-state index >= 15 is 0 Å². The average Bonchev–Trinajstić information content (AvgIpc) is 2.90. The second-order valence-electron chi connectivity index (χ2n) is 4.17. The number of rotatable bonds is 6. The molecule has 0 fully saturated rings. The normalized spacial score (nSPS) is 11.4. The summed E-state index contributed by atoms with van der Waals surface area (Å²) in [6.07, 6.45) is 1.46. The van der Waals surface area contributed by atoms with Crippen molar-refractivity contribution in [3.05, 3.63) is 35.9 Å². The smallest absolute Gasteiger partial charge is 0.170 e. The molecule has 2 rings (SSSR count). The number of ether oxygens (including phenoxy) is 2. The third-order valence-electron chi connectivity index (χ3n) is 2.81. The summed E-state index contributed by atoms with van der Waals surface area (Å²) in [5.74, 6) is 1.77. The van der Waals surface area contributed by atoms with Gasteiger partial charge in [-0.15, -0.1) is 0 Å². The maximum absolute atomic E-state index is 8.71. The van der Waals surface area contributed by atoms with Gasteiger partial charge in [0.1, 0.15) is 12.9 Å². The highest BCUT2D eigenvalue weighted by atomic mass is 16.5. The lowest BCUT2D eigenvalue weighted by Crippen LogP contribution is -2.13. The van der Waals surface area contributed by atoms with Gasteiger partial charge in [-0.25, -0.2) is 4.98 Å². The van der Waals surface area contributed by atoms with Crippen LogP contribution in [-0.2, 0) is 13.7 Å². The van der Waals surface area contributed by atoms with E-state index in [1.54, 1.807) is 29.9 Å². The number of benzene rings is 1. The van der Waals surface area contributed by atoms with Crippen LogP contribution in [0.4, 0.5) is 0 Å². The van der Waals surface area contributed by atoms with E-state index < -0.39 is 0 Å². The Morgan fingerprint density at radius 2 is 2.19 bits per heavy atom. The molecule has 2 aromatic rings. The Bertz CT molecular complexity index is 638. The van der Waals surface area contributed by atoms with Crippen LogP contribution in [0, 0.1) is 0 Å². The van der Waals surface area contributed by atoms with E-state index in [0.717, 1.165) is 0 Å². The first kappa shape index (κ1) is 14.6. The topological polar surface area (TPSA) is 108 Å². The molecule has 3 N–H and O–H groups in total. The van der Waals surface area contributed by atoms with Crippen molar-refractivity contribution in [2.75, 3.05) is 6.61 Å². The molecule has 1 heterocycles. The molecule has 0 aliphatic heterocycles. The highest BCUT2D eigenvalue weighted by Crippen LogP contribution is 2.29. The highest BCUT2D eigenvalue weighted by Gasteiger charge is 2.10. The molecule has 0 bridgehead atoms. The first-order chi connectivity index (χ1) is 10.2. The van der Waals surface area contributed by atoms with Crippen LogP contribution in [0.25, 0.3) is 0 Å². The van der Waals surface area contributed by atoms with Crippen molar-refractivity contribution in [2.24, 2.45) is 17.9 Å². The van der Waals surface area contributed by atoms with Crippen LogP contribution in [-0.4, -0.2) is 32.4 Å². The molecule has 8 heteroatoms. The highest BCUT2D eigenvalue weighted by molar-refractivity contribution is 5.97. The fraction of sp³-hybridized carbons (Fsp3) is 0.308. The summed E-state index contributed by atoms with van der Waals surface area (Å²) in [7, 11) is 1.79. The summed E-state index contributed by atoms with van der Waals surface area (Å²) < 4.78 is 12.8. The van der Waals surface area contributed by atoms with E-state index in [1.165, 1.54) is 6.33 Å². The standard InChI is InChI=1S/C13H17N5O3/c1-3-20-11-6-9(13(14)17-19)4-5-10(11)21-7-12-15-8-16-18(12)2/h4-6,8,19H,3,7H2,1-2H3,(H2,14,17). The molecule has 0 spiro atoms. The summed E-state index contributed by atoms with van der Waals surface area (Å²) in [4.78, 5) is 4.08. The minimum Gasteiger partial charge on any atom is -0.490 e. The fourth-order valence-electron chi connectivity index (χ4n) is 1.71. The number of hydrogen-bond donors (Lipinski definition) is 2. The molecule has 0 unspecified atom stereocenters. The molecule has 21 heavy (non-hydrogen) atoms. The Morgan fingerprint density at radius 1 is 1.38 bits per heavy atom. The number of nitrogens with zero attached hydrogens (tertiary/aromatic N) is 4. The Kier molecular flexibility index (Phi) is 4.60. The number of aromatic nitrogens is 3. The molecule has 1 aromatic carbocycles. The molecular weight excluding hydrogens is 274 g/mol. The van der Waals surface area contributed by atoms with Gasteiger partial charge in [0.15, 0.2) is 23.2 Å². The zero-order chi connectivity index (χ0) is 15.2. The molecule has 0 saturated carbocycles. The predicted molar refractivity (Wildman–Crippen MR) is 75.5 cm³/mol. The van der Waals surface area contributed by atoms with E-state index in [1.807, 2.05) is 6.92 Å². The maximum atomic E-state index is 8.71. The van der Waals surface area contributed by atoms with Crippen LogP contribution in [0.15, 0.2) is 29.7 Å².